The molecule has 0 saturated heterocycles. The maximum Gasteiger partial charge on any atom is 0.341 e. The number of aliphatic hydroxyl groups is 1. The van der Waals surface area contributed by atoms with Crippen molar-refractivity contribution in [2.45, 2.75) is 29.6 Å². The number of sulfone groups is 1. The zero-order valence-corrected chi connectivity index (χ0v) is 9.35. The standard InChI is InChI=1S/C10H9F3O3S/c11-6-2-4-8(17(15,16)10(12)13)9-5(6)1-3-7(9)14/h2,4,7,10,14H,1,3H2/t7-/m1/s1. The summed E-state index contributed by atoms with van der Waals surface area (Å²) in [5.74, 6) is -4.25. The highest BCUT2D eigenvalue weighted by Gasteiger charge is 2.35. The first-order chi connectivity index (χ1) is 7.85. The van der Waals surface area contributed by atoms with Crippen LogP contribution in [0.4, 0.5) is 13.2 Å². The minimum atomic E-state index is -4.81. The van der Waals surface area contributed by atoms with Crippen LogP contribution in [0.25, 0.3) is 0 Å². The molecule has 7 heteroatoms. The Balaban J connectivity index is 2.70. The Bertz CT molecular complexity index is 554. The van der Waals surface area contributed by atoms with E-state index in [0.29, 0.717) is 0 Å². The minimum absolute atomic E-state index is 0.0132. The first-order valence-electron chi connectivity index (χ1n) is 4.87. The molecule has 1 aliphatic carbocycles. The van der Waals surface area contributed by atoms with Crippen LogP contribution in [0.1, 0.15) is 23.7 Å². The lowest BCUT2D eigenvalue weighted by atomic mass is 10.1. The first kappa shape index (κ1) is 12.4. The van der Waals surface area contributed by atoms with Crippen molar-refractivity contribution in [2.24, 2.45) is 0 Å². The van der Waals surface area contributed by atoms with Crippen LogP contribution in [0.15, 0.2) is 17.0 Å². The number of halogens is 3. The molecule has 0 saturated carbocycles. The van der Waals surface area contributed by atoms with Crippen LogP contribution in [-0.4, -0.2) is 19.3 Å². The quantitative estimate of drug-likeness (QED) is 0.830. The lowest BCUT2D eigenvalue weighted by Crippen LogP contribution is -2.15. The van der Waals surface area contributed by atoms with Crippen LogP contribution in [0, 0.1) is 5.82 Å². The average Bonchev–Trinajstić information content (AvgIpc) is 2.62. The van der Waals surface area contributed by atoms with Gasteiger partial charge in [0.1, 0.15) is 5.82 Å². The summed E-state index contributed by atoms with van der Waals surface area (Å²) in [7, 11) is -4.81. The molecule has 0 aliphatic heterocycles. The van der Waals surface area contributed by atoms with Gasteiger partial charge in [-0.15, -0.1) is 0 Å². The molecule has 1 aromatic rings. The van der Waals surface area contributed by atoms with Crippen molar-refractivity contribution in [3.8, 4) is 0 Å². The molecule has 2 rings (SSSR count). The molecule has 1 N–H and O–H groups in total. The molecule has 0 unspecified atom stereocenters. The van der Waals surface area contributed by atoms with Gasteiger partial charge in [0.2, 0.25) is 9.84 Å². The largest absolute Gasteiger partial charge is 0.388 e. The Hall–Kier alpha value is -1.08. The molecule has 0 fully saturated rings. The molecule has 0 amide bonds. The van der Waals surface area contributed by atoms with Gasteiger partial charge in [-0.25, -0.2) is 12.8 Å². The van der Waals surface area contributed by atoms with Gasteiger partial charge in [-0.1, -0.05) is 0 Å². The van der Waals surface area contributed by atoms with E-state index in [0.717, 1.165) is 12.1 Å². The molecule has 0 radical (unpaired) electrons. The Morgan fingerprint density at radius 2 is 2.00 bits per heavy atom. The van der Waals surface area contributed by atoms with Crippen molar-refractivity contribution in [1.29, 1.82) is 0 Å². The third-order valence-corrected chi connectivity index (χ3v) is 4.24. The lowest BCUT2D eigenvalue weighted by molar-refractivity contribution is 0.176. The maximum atomic E-state index is 13.3. The van der Waals surface area contributed by atoms with Crippen molar-refractivity contribution in [2.75, 3.05) is 0 Å². The number of aliphatic hydroxyl groups excluding tert-OH is 1. The van der Waals surface area contributed by atoms with Crippen molar-refractivity contribution in [3.63, 3.8) is 0 Å². The highest BCUT2D eigenvalue weighted by Crippen LogP contribution is 2.38. The molecule has 3 nitrogen and oxygen atoms in total. The molecule has 94 valence electrons. The predicted octanol–water partition coefficient (Wildman–Crippen LogP) is 1.80. The van der Waals surface area contributed by atoms with Crippen LogP contribution < -0.4 is 0 Å². The number of hydrogen-bond acceptors (Lipinski definition) is 3. The first-order valence-corrected chi connectivity index (χ1v) is 6.41. The second-order valence-electron chi connectivity index (χ2n) is 3.80. The van der Waals surface area contributed by atoms with E-state index < -0.39 is 32.4 Å². The fourth-order valence-corrected chi connectivity index (χ4v) is 3.02. The van der Waals surface area contributed by atoms with Gasteiger partial charge in [-0.3, -0.25) is 0 Å². The maximum absolute atomic E-state index is 13.3. The number of benzene rings is 1. The van der Waals surface area contributed by atoms with E-state index in [9.17, 15) is 26.7 Å². The SMILES string of the molecule is O=S(=O)(c1ccc(F)c2c1[C@H](O)CC2)C(F)F. The average molecular weight is 266 g/mol. The zero-order valence-electron chi connectivity index (χ0n) is 8.53. The number of alkyl halides is 2. The van der Waals surface area contributed by atoms with E-state index in [2.05, 4.69) is 0 Å². The second-order valence-corrected chi connectivity index (χ2v) is 5.68. The van der Waals surface area contributed by atoms with Crippen LogP contribution in [0.2, 0.25) is 0 Å². The summed E-state index contributed by atoms with van der Waals surface area (Å²) in [6, 6.07) is 1.62. The summed E-state index contributed by atoms with van der Waals surface area (Å²) in [4.78, 5) is -0.672. The third-order valence-electron chi connectivity index (χ3n) is 2.80. The number of rotatable bonds is 2. The summed E-state index contributed by atoms with van der Waals surface area (Å²) in [5, 5.41) is 9.56. The Kier molecular flexibility index (Phi) is 2.90. The highest BCUT2D eigenvalue weighted by molar-refractivity contribution is 7.91. The molecule has 17 heavy (non-hydrogen) atoms. The van der Waals surface area contributed by atoms with Crippen molar-refractivity contribution in [3.05, 3.63) is 29.1 Å². The summed E-state index contributed by atoms with van der Waals surface area (Å²) < 4.78 is 60.9. The smallest absolute Gasteiger partial charge is 0.341 e. The van der Waals surface area contributed by atoms with Gasteiger partial charge in [0.25, 0.3) is 0 Å². The molecule has 0 heterocycles. The van der Waals surface area contributed by atoms with E-state index in [-0.39, 0.29) is 24.0 Å². The van der Waals surface area contributed by atoms with Crippen LogP contribution in [-0.2, 0) is 16.3 Å². The Morgan fingerprint density at radius 3 is 2.59 bits per heavy atom. The van der Waals surface area contributed by atoms with Crippen molar-refractivity contribution >= 4 is 9.84 Å². The molecule has 1 aromatic carbocycles. The van der Waals surface area contributed by atoms with Gasteiger partial charge in [-0.2, -0.15) is 8.78 Å². The summed E-state index contributed by atoms with van der Waals surface area (Å²) in [6.45, 7) is 0. The van der Waals surface area contributed by atoms with E-state index in [1.54, 1.807) is 0 Å². The van der Waals surface area contributed by atoms with Crippen LogP contribution in [0.3, 0.4) is 0 Å². The van der Waals surface area contributed by atoms with Gasteiger partial charge in [0.15, 0.2) is 0 Å². The van der Waals surface area contributed by atoms with Gasteiger partial charge >= 0.3 is 5.76 Å². The van der Waals surface area contributed by atoms with Gasteiger partial charge < -0.3 is 5.11 Å². The normalized spacial score (nSPS) is 19.7. The highest BCUT2D eigenvalue weighted by atomic mass is 32.2. The Morgan fingerprint density at radius 1 is 1.35 bits per heavy atom. The summed E-state index contributed by atoms with van der Waals surface area (Å²) in [5.41, 5.74) is -0.204. The second kappa shape index (κ2) is 3.99. The molecular formula is C10H9F3O3S. The molecule has 1 atom stereocenters. The van der Waals surface area contributed by atoms with E-state index in [4.69, 9.17) is 0 Å². The number of hydrogen-bond donors (Lipinski definition) is 1. The number of fused-ring (bicyclic) bond motifs is 1. The predicted molar refractivity (Wildman–Crippen MR) is 52.9 cm³/mol. The molecule has 1 aliphatic rings. The zero-order chi connectivity index (χ0) is 12.8. The van der Waals surface area contributed by atoms with E-state index >= 15 is 0 Å². The third kappa shape index (κ3) is 1.83. The minimum Gasteiger partial charge on any atom is -0.388 e. The molecule has 0 spiro atoms. The Labute approximate surface area is 95.8 Å². The van der Waals surface area contributed by atoms with E-state index in [1.165, 1.54) is 0 Å². The topological polar surface area (TPSA) is 54.4 Å². The fourth-order valence-electron chi connectivity index (χ4n) is 2.01. The van der Waals surface area contributed by atoms with E-state index in [1.807, 2.05) is 0 Å². The van der Waals surface area contributed by atoms with Crippen molar-refractivity contribution < 1.29 is 26.7 Å². The van der Waals surface area contributed by atoms with Crippen molar-refractivity contribution in [1.82, 2.24) is 0 Å². The molecule has 0 aromatic heterocycles. The molecule has 0 bridgehead atoms. The van der Waals surface area contributed by atoms with Crippen LogP contribution in [0.5, 0.6) is 0 Å². The van der Waals surface area contributed by atoms with Gasteiger partial charge in [-0.05, 0) is 30.5 Å². The van der Waals surface area contributed by atoms with Gasteiger partial charge in [0.05, 0.1) is 11.0 Å². The molecular weight excluding hydrogens is 257 g/mol. The summed E-state index contributed by atoms with van der Waals surface area (Å²) >= 11 is 0. The monoisotopic (exact) mass is 266 g/mol. The van der Waals surface area contributed by atoms with Gasteiger partial charge in [0, 0.05) is 5.56 Å². The summed E-state index contributed by atoms with van der Waals surface area (Å²) in [6.07, 6.45) is -0.916. The fraction of sp³-hybridized carbons (Fsp3) is 0.400. The van der Waals surface area contributed by atoms with Crippen LogP contribution >= 0.6 is 0 Å². The lowest BCUT2D eigenvalue weighted by Gasteiger charge is -2.12.